The van der Waals surface area contributed by atoms with Gasteiger partial charge in [-0.2, -0.15) is 0 Å². The molecule has 174 valence electrons. The number of aromatic nitrogens is 1. The number of thioether (sulfide) groups is 2. The van der Waals surface area contributed by atoms with Gasteiger partial charge in [-0.1, -0.05) is 36.5 Å². The van der Waals surface area contributed by atoms with Gasteiger partial charge in [-0.25, -0.2) is 9.78 Å². The summed E-state index contributed by atoms with van der Waals surface area (Å²) >= 11 is 4.68. The first-order valence-electron chi connectivity index (χ1n) is 11.1. The van der Waals surface area contributed by atoms with Crippen LogP contribution in [0.2, 0.25) is 0 Å². The standard InChI is InChI=1S/C23H31N3O3S3/c1-17-8-10-18(11-9-17)26(13-5-14-30-19-6-3-2-4-7-19)23(29)25-22-24-16-21(32-22)31-15-12-20(27)28/h2-4,6-7,16-18H,5,8-15H2,1H3,(H,27,28)(H,24,25,29). The van der Waals surface area contributed by atoms with Crippen LogP contribution in [0.5, 0.6) is 0 Å². The lowest BCUT2D eigenvalue weighted by Gasteiger charge is -2.36. The van der Waals surface area contributed by atoms with Crippen LogP contribution in [0, 0.1) is 5.92 Å². The summed E-state index contributed by atoms with van der Waals surface area (Å²) in [6.07, 6.45) is 7.18. The maximum Gasteiger partial charge on any atom is 0.323 e. The number of nitrogens with one attached hydrogen (secondary N) is 1. The Morgan fingerprint density at radius 2 is 1.91 bits per heavy atom. The number of carbonyl (C=O) groups is 2. The summed E-state index contributed by atoms with van der Waals surface area (Å²) in [5.74, 6) is 1.39. The van der Waals surface area contributed by atoms with Crippen molar-refractivity contribution in [1.82, 2.24) is 9.88 Å². The van der Waals surface area contributed by atoms with Gasteiger partial charge in [0.25, 0.3) is 0 Å². The van der Waals surface area contributed by atoms with E-state index in [0.29, 0.717) is 10.9 Å². The van der Waals surface area contributed by atoms with Crippen molar-refractivity contribution in [3.8, 4) is 0 Å². The summed E-state index contributed by atoms with van der Waals surface area (Å²) in [5.41, 5.74) is 0. The Balaban J connectivity index is 1.54. The molecule has 1 aliphatic rings. The lowest BCUT2D eigenvalue weighted by Crippen LogP contribution is -2.45. The first-order chi connectivity index (χ1) is 15.5. The molecule has 6 nitrogen and oxygen atoms in total. The molecule has 0 bridgehead atoms. The molecule has 1 aromatic heterocycles. The van der Waals surface area contributed by atoms with Gasteiger partial charge in [0.2, 0.25) is 0 Å². The van der Waals surface area contributed by atoms with Gasteiger partial charge < -0.3 is 10.0 Å². The molecule has 0 unspecified atom stereocenters. The Morgan fingerprint density at radius 1 is 1.16 bits per heavy atom. The van der Waals surface area contributed by atoms with Crippen LogP contribution >= 0.6 is 34.9 Å². The van der Waals surface area contributed by atoms with E-state index in [1.807, 2.05) is 34.9 Å². The fraction of sp³-hybridized carbons (Fsp3) is 0.522. The zero-order chi connectivity index (χ0) is 22.8. The third-order valence-electron chi connectivity index (χ3n) is 5.50. The quantitative estimate of drug-likeness (QED) is 0.282. The first kappa shape index (κ1) is 24.9. The summed E-state index contributed by atoms with van der Waals surface area (Å²) in [7, 11) is 0. The molecular formula is C23H31N3O3S3. The number of carboxylic acid groups (broad SMARTS) is 1. The zero-order valence-electron chi connectivity index (χ0n) is 18.4. The molecule has 2 aromatic rings. The molecule has 32 heavy (non-hydrogen) atoms. The molecule has 1 heterocycles. The molecular weight excluding hydrogens is 462 g/mol. The van der Waals surface area contributed by atoms with E-state index >= 15 is 0 Å². The normalized spacial score (nSPS) is 18.3. The third kappa shape index (κ3) is 8.33. The Kier molecular flexibility index (Phi) is 10.2. The molecule has 0 radical (unpaired) electrons. The number of aliphatic carboxylic acids is 1. The SMILES string of the molecule is CC1CCC(N(CCCSc2ccccc2)C(=O)Nc2ncc(SCCC(=O)O)s2)CC1. The fourth-order valence-electron chi connectivity index (χ4n) is 3.73. The lowest BCUT2D eigenvalue weighted by atomic mass is 9.86. The van der Waals surface area contributed by atoms with Crippen LogP contribution in [0.15, 0.2) is 45.6 Å². The van der Waals surface area contributed by atoms with Crippen molar-refractivity contribution in [2.45, 2.75) is 60.6 Å². The van der Waals surface area contributed by atoms with Crippen molar-refractivity contribution in [1.29, 1.82) is 0 Å². The van der Waals surface area contributed by atoms with Crippen LogP contribution in [0.4, 0.5) is 9.93 Å². The van der Waals surface area contributed by atoms with Crippen LogP contribution < -0.4 is 5.32 Å². The van der Waals surface area contributed by atoms with Crippen molar-refractivity contribution in [2.75, 3.05) is 23.4 Å². The highest BCUT2D eigenvalue weighted by atomic mass is 32.2. The summed E-state index contributed by atoms with van der Waals surface area (Å²) in [4.78, 5) is 31.4. The number of rotatable bonds is 11. The van der Waals surface area contributed by atoms with Gasteiger partial charge >= 0.3 is 12.0 Å². The molecule has 3 rings (SSSR count). The predicted molar refractivity (Wildman–Crippen MR) is 134 cm³/mol. The molecule has 0 aliphatic heterocycles. The van der Waals surface area contributed by atoms with Gasteiger partial charge in [0, 0.05) is 23.2 Å². The smallest absolute Gasteiger partial charge is 0.323 e. The van der Waals surface area contributed by atoms with Crippen LogP contribution in [0.1, 0.15) is 45.4 Å². The average molecular weight is 494 g/mol. The Bertz CT molecular complexity index is 854. The minimum Gasteiger partial charge on any atom is -0.481 e. The summed E-state index contributed by atoms with van der Waals surface area (Å²) in [5, 5.41) is 12.3. The number of benzene rings is 1. The summed E-state index contributed by atoms with van der Waals surface area (Å²) in [6, 6.07) is 10.6. The molecule has 1 aliphatic carbocycles. The minimum atomic E-state index is -0.807. The van der Waals surface area contributed by atoms with E-state index in [0.717, 1.165) is 54.5 Å². The number of hydrogen-bond acceptors (Lipinski definition) is 6. The fourth-order valence-corrected chi connectivity index (χ4v) is 6.46. The maximum absolute atomic E-state index is 13.2. The molecule has 2 N–H and O–H groups in total. The van der Waals surface area contributed by atoms with Crippen LogP contribution in [0.3, 0.4) is 0 Å². The molecule has 0 saturated heterocycles. The second-order valence-corrected chi connectivity index (χ2v) is 11.6. The van der Waals surface area contributed by atoms with Crippen molar-refractivity contribution in [2.24, 2.45) is 5.92 Å². The van der Waals surface area contributed by atoms with Gasteiger partial charge in [0.1, 0.15) is 0 Å². The zero-order valence-corrected chi connectivity index (χ0v) is 20.8. The topological polar surface area (TPSA) is 82.5 Å². The first-order valence-corrected chi connectivity index (χ1v) is 13.9. The largest absolute Gasteiger partial charge is 0.481 e. The van der Waals surface area contributed by atoms with Gasteiger partial charge in [-0.05, 0) is 55.9 Å². The molecule has 2 amide bonds. The van der Waals surface area contributed by atoms with Crippen LogP contribution in [-0.2, 0) is 4.79 Å². The second-order valence-electron chi connectivity index (χ2n) is 8.03. The summed E-state index contributed by atoms with van der Waals surface area (Å²) in [6.45, 7) is 3.02. The monoisotopic (exact) mass is 493 g/mol. The molecule has 1 saturated carbocycles. The highest BCUT2D eigenvalue weighted by molar-refractivity contribution is 8.01. The average Bonchev–Trinajstić information content (AvgIpc) is 3.22. The van der Waals surface area contributed by atoms with Crippen molar-refractivity contribution in [3.63, 3.8) is 0 Å². The number of nitrogens with zero attached hydrogens (tertiary/aromatic N) is 2. The lowest BCUT2D eigenvalue weighted by molar-refractivity contribution is -0.136. The Hall–Kier alpha value is -1.71. The van der Waals surface area contributed by atoms with E-state index in [2.05, 4.69) is 29.4 Å². The summed E-state index contributed by atoms with van der Waals surface area (Å²) < 4.78 is 0.916. The van der Waals surface area contributed by atoms with Crippen LogP contribution in [0.25, 0.3) is 0 Å². The Morgan fingerprint density at radius 3 is 2.62 bits per heavy atom. The van der Waals surface area contributed by atoms with E-state index in [1.165, 1.54) is 28.0 Å². The van der Waals surface area contributed by atoms with E-state index in [1.54, 1.807) is 6.20 Å². The Labute approximate surface area is 202 Å². The predicted octanol–water partition coefficient (Wildman–Crippen LogP) is 6.30. The number of amides is 2. The minimum absolute atomic E-state index is 0.0781. The van der Waals surface area contributed by atoms with E-state index in [9.17, 15) is 9.59 Å². The maximum atomic E-state index is 13.2. The number of urea groups is 1. The number of anilines is 1. The molecule has 0 spiro atoms. The highest BCUT2D eigenvalue weighted by Crippen LogP contribution is 2.31. The third-order valence-corrected chi connectivity index (χ3v) is 8.71. The van der Waals surface area contributed by atoms with E-state index in [4.69, 9.17) is 5.11 Å². The highest BCUT2D eigenvalue weighted by Gasteiger charge is 2.27. The molecule has 1 fully saturated rings. The van der Waals surface area contributed by atoms with Crippen molar-refractivity contribution < 1.29 is 14.7 Å². The van der Waals surface area contributed by atoms with Gasteiger partial charge in [0.05, 0.1) is 16.8 Å². The van der Waals surface area contributed by atoms with E-state index in [-0.39, 0.29) is 18.5 Å². The van der Waals surface area contributed by atoms with Crippen molar-refractivity contribution >= 4 is 52.0 Å². The van der Waals surface area contributed by atoms with Gasteiger partial charge in [-0.15, -0.1) is 23.5 Å². The molecule has 1 aromatic carbocycles. The van der Waals surface area contributed by atoms with Crippen LogP contribution in [-0.4, -0.2) is 51.1 Å². The number of hydrogen-bond donors (Lipinski definition) is 2. The van der Waals surface area contributed by atoms with Gasteiger partial charge in [-0.3, -0.25) is 10.1 Å². The number of carboxylic acids is 1. The number of thiazole rings is 1. The van der Waals surface area contributed by atoms with E-state index < -0.39 is 5.97 Å². The molecule has 0 atom stereocenters. The van der Waals surface area contributed by atoms with Crippen molar-refractivity contribution in [3.05, 3.63) is 36.5 Å². The molecule has 9 heteroatoms. The second kappa shape index (κ2) is 13.1. The number of carbonyl (C=O) groups excluding carboxylic acids is 1. The van der Waals surface area contributed by atoms with Gasteiger partial charge in [0.15, 0.2) is 5.13 Å².